The zero-order valence-electron chi connectivity index (χ0n) is 10.6. The molecule has 4 heteroatoms. The summed E-state index contributed by atoms with van der Waals surface area (Å²) in [4.78, 5) is 3.99. The predicted molar refractivity (Wildman–Crippen MR) is 77.3 cm³/mol. The summed E-state index contributed by atoms with van der Waals surface area (Å²) < 4.78 is 5.73. The van der Waals surface area contributed by atoms with Gasteiger partial charge in [0.1, 0.15) is 24.1 Å². The van der Waals surface area contributed by atoms with Gasteiger partial charge in [-0.3, -0.25) is 0 Å². The van der Waals surface area contributed by atoms with Gasteiger partial charge in [-0.25, -0.2) is 4.98 Å². The van der Waals surface area contributed by atoms with Crippen molar-refractivity contribution in [2.75, 3.05) is 5.88 Å². The van der Waals surface area contributed by atoms with Crippen LogP contribution in [0.1, 0.15) is 16.8 Å². The van der Waals surface area contributed by atoms with E-state index in [2.05, 4.69) is 16.8 Å². The molecule has 0 atom stereocenters. The molecule has 0 radical (unpaired) electrons. The van der Waals surface area contributed by atoms with Crippen molar-refractivity contribution in [1.82, 2.24) is 4.98 Å². The molecule has 1 aromatic carbocycles. The summed E-state index contributed by atoms with van der Waals surface area (Å²) in [5, 5.41) is 8.98. The topological polar surface area (TPSA) is 45.9 Å². The van der Waals surface area contributed by atoms with E-state index in [9.17, 15) is 0 Å². The van der Waals surface area contributed by atoms with Crippen molar-refractivity contribution < 1.29 is 4.74 Å². The molecule has 0 aliphatic carbocycles. The lowest BCUT2D eigenvalue weighted by atomic mass is 10.2. The Morgan fingerprint density at radius 1 is 1.20 bits per heavy atom. The average molecular weight is 283 g/mol. The summed E-state index contributed by atoms with van der Waals surface area (Å²) in [5.74, 6) is 6.67. The number of hydrogen-bond acceptors (Lipinski definition) is 3. The Morgan fingerprint density at radius 3 is 2.85 bits per heavy atom. The van der Waals surface area contributed by atoms with Gasteiger partial charge in [0.2, 0.25) is 0 Å². The van der Waals surface area contributed by atoms with E-state index in [1.807, 2.05) is 36.4 Å². The van der Waals surface area contributed by atoms with Crippen LogP contribution in [0.25, 0.3) is 0 Å². The fraction of sp³-hybridized carbons (Fsp3) is 0.125. The van der Waals surface area contributed by atoms with Gasteiger partial charge in [-0.1, -0.05) is 30.0 Å². The fourth-order valence-electron chi connectivity index (χ4n) is 1.64. The second-order valence-electron chi connectivity index (χ2n) is 3.84. The van der Waals surface area contributed by atoms with E-state index in [0.717, 1.165) is 11.1 Å². The van der Waals surface area contributed by atoms with E-state index < -0.39 is 0 Å². The highest BCUT2D eigenvalue weighted by Crippen LogP contribution is 2.18. The molecule has 0 bridgehead atoms. The van der Waals surface area contributed by atoms with Crippen LogP contribution in [0.2, 0.25) is 0 Å². The lowest BCUT2D eigenvalue weighted by molar-refractivity contribution is 0.304. The summed E-state index contributed by atoms with van der Waals surface area (Å²) >= 11 is 5.56. The minimum Gasteiger partial charge on any atom is -0.487 e. The number of hydrogen-bond donors (Lipinski definition) is 0. The normalized spacial score (nSPS) is 9.20. The minimum absolute atomic E-state index is 0.273. The van der Waals surface area contributed by atoms with Gasteiger partial charge in [0.05, 0.1) is 11.4 Å². The largest absolute Gasteiger partial charge is 0.487 e. The van der Waals surface area contributed by atoms with Gasteiger partial charge in [-0.2, -0.15) is 5.26 Å². The Labute approximate surface area is 122 Å². The van der Waals surface area contributed by atoms with Crippen molar-refractivity contribution in [3.05, 3.63) is 59.4 Å². The minimum atomic E-state index is 0.273. The maximum atomic E-state index is 8.98. The van der Waals surface area contributed by atoms with Crippen LogP contribution in [0.4, 0.5) is 0 Å². The standard InChI is InChI=1S/C16H11ClN2O/c17-9-3-6-13-5-1-2-8-16(13)20-12-14-7-4-10-19-15(14)11-18/h1-2,4-5,7-8,10H,9,12H2. The first-order valence-corrected chi connectivity index (χ1v) is 6.49. The molecule has 0 aliphatic rings. The van der Waals surface area contributed by atoms with Crippen molar-refractivity contribution in [2.45, 2.75) is 6.61 Å². The zero-order valence-corrected chi connectivity index (χ0v) is 11.4. The number of ether oxygens (including phenoxy) is 1. The number of aromatic nitrogens is 1. The molecule has 0 saturated carbocycles. The molecular weight excluding hydrogens is 272 g/mol. The molecule has 0 unspecified atom stereocenters. The maximum absolute atomic E-state index is 8.98. The van der Waals surface area contributed by atoms with Crippen LogP contribution in [-0.4, -0.2) is 10.9 Å². The van der Waals surface area contributed by atoms with Crippen molar-refractivity contribution >= 4 is 11.6 Å². The van der Waals surface area contributed by atoms with Crippen molar-refractivity contribution in [1.29, 1.82) is 5.26 Å². The highest BCUT2D eigenvalue weighted by molar-refractivity contribution is 6.19. The van der Waals surface area contributed by atoms with Gasteiger partial charge < -0.3 is 4.74 Å². The molecule has 0 aliphatic heterocycles. The SMILES string of the molecule is N#Cc1ncccc1COc1ccccc1C#CCCl. The van der Waals surface area contributed by atoms with Crippen LogP contribution in [0.15, 0.2) is 42.6 Å². The molecule has 1 heterocycles. The van der Waals surface area contributed by atoms with Crippen molar-refractivity contribution in [3.63, 3.8) is 0 Å². The van der Waals surface area contributed by atoms with Gasteiger partial charge in [-0.05, 0) is 18.2 Å². The van der Waals surface area contributed by atoms with Crippen LogP contribution in [0.5, 0.6) is 5.75 Å². The Bertz CT molecular complexity index is 695. The Hall–Kier alpha value is -2.49. The number of halogens is 1. The highest BCUT2D eigenvalue weighted by atomic mass is 35.5. The quantitative estimate of drug-likeness (QED) is 0.642. The lowest BCUT2D eigenvalue weighted by Crippen LogP contribution is -2.01. The third kappa shape index (κ3) is 3.51. The fourth-order valence-corrected chi connectivity index (χ4v) is 1.70. The smallest absolute Gasteiger partial charge is 0.147 e. The number of alkyl halides is 1. The third-order valence-corrected chi connectivity index (χ3v) is 2.69. The molecule has 3 nitrogen and oxygen atoms in total. The molecule has 1 aromatic heterocycles. The summed E-state index contributed by atoms with van der Waals surface area (Å²) in [6.07, 6.45) is 1.59. The highest BCUT2D eigenvalue weighted by Gasteiger charge is 2.05. The van der Waals surface area contributed by atoms with Crippen LogP contribution in [0.3, 0.4) is 0 Å². The van der Waals surface area contributed by atoms with Gasteiger partial charge in [0.15, 0.2) is 0 Å². The Morgan fingerprint density at radius 2 is 2.05 bits per heavy atom. The van der Waals surface area contributed by atoms with Crippen molar-refractivity contribution in [2.24, 2.45) is 0 Å². The number of rotatable bonds is 3. The van der Waals surface area contributed by atoms with Gasteiger partial charge >= 0.3 is 0 Å². The van der Waals surface area contributed by atoms with Crippen LogP contribution in [-0.2, 0) is 6.61 Å². The zero-order chi connectivity index (χ0) is 14.2. The number of pyridine rings is 1. The second-order valence-corrected chi connectivity index (χ2v) is 4.11. The monoisotopic (exact) mass is 282 g/mol. The summed E-state index contributed by atoms with van der Waals surface area (Å²) in [5.41, 5.74) is 1.89. The number of para-hydroxylation sites is 1. The first-order valence-electron chi connectivity index (χ1n) is 5.96. The molecular formula is C16H11ClN2O. The van der Waals surface area contributed by atoms with Crippen LogP contribution >= 0.6 is 11.6 Å². The second kappa shape index (κ2) is 7.19. The van der Waals surface area contributed by atoms with E-state index in [0.29, 0.717) is 11.4 Å². The number of benzene rings is 1. The molecule has 0 fully saturated rings. The first-order chi connectivity index (χ1) is 9.85. The molecule has 20 heavy (non-hydrogen) atoms. The summed E-state index contributed by atoms with van der Waals surface area (Å²) in [6.45, 7) is 0.274. The molecule has 2 rings (SSSR count). The molecule has 0 spiro atoms. The Kier molecular flexibility index (Phi) is 5.00. The van der Waals surface area contributed by atoms with Gasteiger partial charge in [-0.15, -0.1) is 11.6 Å². The molecule has 0 saturated heterocycles. The molecule has 98 valence electrons. The predicted octanol–water partition coefficient (Wildman–Crippen LogP) is 3.12. The van der Waals surface area contributed by atoms with E-state index in [1.165, 1.54) is 0 Å². The number of nitrogens with zero attached hydrogens (tertiary/aromatic N) is 2. The van der Waals surface area contributed by atoms with Crippen molar-refractivity contribution in [3.8, 4) is 23.7 Å². The maximum Gasteiger partial charge on any atom is 0.147 e. The molecule has 2 aromatic rings. The van der Waals surface area contributed by atoms with Gasteiger partial charge in [0.25, 0.3) is 0 Å². The summed E-state index contributed by atoms with van der Waals surface area (Å²) in [7, 11) is 0. The first kappa shape index (κ1) is 13.9. The molecule has 0 amide bonds. The lowest BCUT2D eigenvalue weighted by Gasteiger charge is -2.08. The Balaban J connectivity index is 2.17. The third-order valence-electron chi connectivity index (χ3n) is 2.56. The molecule has 0 N–H and O–H groups in total. The summed E-state index contributed by atoms with van der Waals surface area (Å²) in [6, 6.07) is 13.1. The number of nitriles is 1. The van der Waals surface area contributed by atoms with Crippen LogP contribution < -0.4 is 4.74 Å². The van der Waals surface area contributed by atoms with Gasteiger partial charge in [0, 0.05) is 11.8 Å². The van der Waals surface area contributed by atoms with Crippen LogP contribution in [0, 0.1) is 23.2 Å². The van der Waals surface area contributed by atoms with E-state index in [-0.39, 0.29) is 12.5 Å². The average Bonchev–Trinajstić information content (AvgIpc) is 2.52. The van der Waals surface area contributed by atoms with E-state index >= 15 is 0 Å². The van der Waals surface area contributed by atoms with E-state index in [1.54, 1.807) is 12.3 Å². The van der Waals surface area contributed by atoms with E-state index in [4.69, 9.17) is 21.6 Å².